The minimum Gasteiger partial charge on any atom is -0.481 e. The standard InChI is InChI=1S/C18H22N6O2/c1-26-16-9-15(21-13-22-16)23-8-4-18(11-23)3-2-7-24(12-18)17(25)14-10-19-5-6-20-14/h5-6,9-10,13H,2-4,7-8,11-12H2,1H3/t18-/m1/s1. The molecule has 2 aromatic heterocycles. The lowest BCUT2D eigenvalue weighted by atomic mass is 9.79. The van der Waals surface area contributed by atoms with Gasteiger partial charge >= 0.3 is 0 Å². The van der Waals surface area contributed by atoms with Gasteiger partial charge in [-0.3, -0.25) is 9.78 Å². The number of hydrogen-bond donors (Lipinski definition) is 0. The zero-order valence-corrected chi connectivity index (χ0v) is 14.8. The molecule has 0 N–H and O–H groups in total. The molecule has 0 aliphatic carbocycles. The summed E-state index contributed by atoms with van der Waals surface area (Å²) in [5.74, 6) is 1.42. The van der Waals surface area contributed by atoms with Crippen molar-refractivity contribution in [3.8, 4) is 5.88 Å². The zero-order valence-electron chi connectivity index (χ0n) is 14.8. The maximum Gasteiger partial charge on any atom is 0.274 e. The second kappa shape index (κ2) is 6.86. The summed E-state index contributed by atoms with van der Waals surface area (Å²) in [6, 6.07) is 1.87. The summed E-state index contributed by atoms with van der Waals surface area (Å²) in [6.45, 7) is 3.34. The molecule has 8 nitrogen and oxygen atoms in total. The average molecular weight is 354 g/mol. The van der Waals surface area contributed by atoms with Crippen LogP contribution in [-0.4, -0.2) is 64.0 Å². The quantitative estimate of drug-likeness (QED) is 0.824. The summed E-state index contributed by atoms with van der Waals surface area (Å²) in [5.41, 5.74) is 0.522. The Morgan fingerprint density at radius 3 is 2.88 bits per heavy atom. The van der Waals surface area contributed by atoms with E-state index in [1.54, 1.807) is 19.5 Å². The number of amides is 1. The fourth-order valence-corrected chi connectivity index (χ4v) is 4.03. The smallest absolute Gasteiger partial charge is 0.274 e. The molecule has 136 valence electrons. The van der Waals surface area contributed by atoms with Crippen molar-refractivity contribution in [1.82, 2.24) is 24.8 Å². The lowest BCUT2D eigenvalue weighted by molar-refractivity contribution is 0.0550. The number of rotatable bonds is 3. The van der Waals surface area contributed by atoms with Crippen LogP contribution < -0.4 is 9.64 Å². The Kier molecular flexibility index (Phi) is 4.40. The van der Waals surface area contributed by atoms with Gasteiger partial charge < -0.3 is 14.5 Å². The molecule has 1 atom stereocenters. The topological polar surface area (TPSA) is 84.3 Å². The highest BCUT2D eigenvalue weighted by Gasteiger charge is 2.43. The second-order valence-electron chi connectivity index (χ2n) is 7.01. The Morgan fingerprint density at radius 2 is 2.08 bits per heavy atom. The summed E-state index contributed by atoms with van der Waals surface area (Å²) in [6.07, 6.45) is 9.39. The lowest BCUT2D eigenvalue weighted by Gasteiger charge is -2.40. The Bertz CT molecular complexity index is 786. The van der Waals surface area contributed by atoms with Crippen LogP contribution in [-0.2, 0) is 0 Å². The number of aromatic nitrogens is 4. The maximum absolute atomic E-state index is 12.7. The highest BCUT2D eigenvalue weighted by molar-refractivity contribution is 5.92. The molecule has 0 saturated carbocycles. The van der Waals surface area contributed by atoms with Crippen LogP contribution in [0.25, 0.3) is 0 Å². The molecule has 0 radical (unpaired) electrons. The van der Waals surface area contributed by atoms with Crippen LogP contribution in [0.2, 0.25) is 0 Å². The van der Waals surface area contributed by atoms with Crippen molar-refractivity contribution in [3.05, 3.63) is 36.7 Å². The van der Waals surface area contributed by atoms with Crippen LogP contribution in [0.4, 0.5) is 5.82 Å². The van der Waals surface area contributed by atoms with Gasteiger partial charge in [0.05, 0.1) is 13.3 Å². The van der Waals surface area contributed by atoms with E-state index in [9.17, 15) is 4.79 Å². The van der Waals surface area contributed by atoms with E-state index in [4.69, 9.17) is 4.74 Å². The molecule has 2 saturated heterocycles. The Hall–Kier alpha value is -2.77. The van der Waals surface area contributed by atoms with Crippen LogP contribution in [0.5, 0.6) is 5.88 Å². The summed E-state index contributed by atoms with van der Waals surface area (Å²) < 4.78 is 5.21. The fourth-order valence-electron chi connectivity index (χ4n) is 4.03. The lowest BCUT2D eigenvalue weighted by Crippen LogP contribution is -2.47. The summed E-state index contributed by atoms with van der Waals surface area (Å²) in [5, 5.41) is 0. The molecule has 2 aliphatic rings. The fraction of sp³-hybridized carbons (Fsp3) is 0.500. The Labute approximate surface area is 152 Å². The van der Waals surface area contributed by atoms with E-state index in [0.717, 1.165) is 51.3 Å². The minimum absolute atomic E-state index is 0.0284. The molecule has 1 spiro atoms. The number of piperidine rings is 1. The zero-order chi connectivity index (χ0) is 18.0. The van der Waals surface area contributed by atoms with Crippen molar-refractivity contribution in [3.63, 3.8) is 0 Å². The van der Waals surface area contributed by atoms with Crippen LogP contribution in [0.3, 0.4) is 0 Å². The van der Waals surface area contributed by atoms with Gasteiger partial charge in [-0.05, 0) is 19.3 Å². The molecule has 0 bridgehead atoms. The van der Waals surface area contributed by atoms with Gasteiger partial charge in [-0.1, -0.05) is 0 Å². The van der Waals surface area contributed by atoms with E-state index < -0.39 is 0 Å². The first-order chi connectivity index (χ1) is 12.7. The molecule has 1 amide bonds. The van der Waals surface area contributed by atoms with Gasteiger partial charge in [0.1, 0.15) is 17.8 Å². The summed E-state index contributed by atoms with van der Waals surface area (Å²) in [7, 11) is 1.61. The first-order valence-electron chi connectivity index (χ1n) is 8.85. The van der Waals surface area contributed by atoms with Gasteiger partial charge in [-0.15, -0.1) is 0 Å². The van der Waals surface area contributed by atoms with Crippen LogP contribution in [0.1, 0.15) is 29.8 Å². The van der Waals surface area contributed by atoms with Crippen LogP contribution >= 0.6 is 0 Å². The van der Waals surface area contributed by atoms with Crippen molar-refractivity contribution >= 4 is 11.7 Å². The predicted octanol–water partition coefficient (Wildman–Crippen LogP) is 1.41. The van der Waals surface area contributed by atoms with Crippen molar-refractivity contribution in [2.45, 2.75) is 19.3 Å². The second-order valence-corrected chi connectivity index (χ2v) is 7.01. The first kappa shape index (κ1) is 16.7. The SMILES string of the molecule is COc1cc(N2CC[C@]3(CCCN(C(=O)c4cnccn4)C3)C2)ncn1. The minimum atomic E-state index is -0.0284. The van der Waals surface area contributed by atoms with E-state index in [1.165, 1.54) is 12.5 Å². The van der Waals surface area contributed by atoms with E-state index in [-0.39, 0.29) is 11.3 Å². The monoisotopic (exact) mass is 354 g/mol. The van der Waals surface area contributed by atoms with Crippen molar-refractivity contribution in [2.24, 2.45) is 5.41 Å². The molecule has 26 heavy (non-hydrogen) atoms. The molecule has 8 heteroatoms. The van der Waals surface area contributed by atoms with Crippen LogP contribution in [0, 0.1) is 5.41 Å². The number of carbonyl (C=O) groups is 1. The van der Waals surface area contributed by atoms with E-state index in [1.807, 2.05) is 11.0 Å². The number of carbonyl (C=O) groups excluding carboxylic acids is 1. The number of nitrogens with zero attached hydrogens (tertiary/aromatic N) is 6. The summed E-state index contributed by atoms with van der Waals surface area (Å²) >= 11 is 0. The van der Waals surface area contributed by atoms with Gasteiger partial charge in [-0.25, -0.2) is 15.0 Å². The third-order valence-electron chi connectivity index (χ3n) is 5.33. The number of hydrogen-bond acceptors (Lipinski definition) is 7. The molecule has 0 aromatic carbocycles. The van der Waals surface area contributed by atoms with Gasteiger partial charge in [0.15, 0.2) is 0 Å². The molecule has 2 aliphatic heterocycles. The van der Waals surface area contributed by atoms with Crippen LogP contribution in [0.15, 0.2) is 31.0 Å². The highest BCUT2D eigenvalue weighted by Crippen LogP contribution is 2.40. The van der Waals surface area contributed by atoms with Gasteiger partial charge in [0, 0.05) is 50.1 Å². The number of likely N-dealkylation sites (tertiary alicyclic amines) is 1. The Balaban J connectivity index is 1.48. The predicted molar refractivity (Wildman–Crippen MR) is 95.0 cm³/mol. The molecule has 2 aromatic rings. The van der Waals surface area contributed by atoms with E-state index in [0.29, 0.717) is 11.6 Å². The number of methoxy groups -OCH3 is 1. The van der Waals surface area contributed by atoms with Gasteiger partial charge in [0.2, 0.25) is 5.88 Å². The normalized spacial score (nSPS) is 22.7. The van der Waals surface area contributed by atoms with Crippen molar-refractivity contribution < 1.29 is 9.53 Å². The average Bonchev–Trinajstić information content (AvgIpc) is 3.11. The van der Waals surface area contributed by atoms with E-state index >= 15 is 0 Å². The van der Waals surface area contributed by atoms with Crippen molar-refractivity contribution in [2.75, 3.05) is 38.2 Å². The molecule has 2 fully saturated rings. The Morgan fingerprint density at radius 1 is 1.15 bits per heavy atom. The van der Waals surface area contributed by atoms with Crippen molar-refractivity contribution in [1.29, 1.82) is 0 Å². The molecule has 4 rings (SSSR count). The largest absolute Gasteiger partial charge is 0.481 e. The molecule has 4 heterocycles. The number of ether oxygens (including phenoxy) is 1. The molecular formula is C18H22N6O2. The first-order valence-corrected chi connectivity index (χ1v) is 8.85. The third-order valence-corrected chi connectivity index (χ3v) is 5.33. The molecule has 0 unspecified atom stereocenters. The van der Waals surface area contributed by atoms with Gasteiger partial charge in [0.25, 0.3) is 5.91 Å². The van der Waals surface area contributed by atoms with Gasteiger partial charge in [-0.2, -0.15) is 0 Å². The van der Waals surface area contributed by atoms with E-state index in [2.05, 4.69) is 24.8 Å². The molecular weight excluding hydrogens is 332 g/mol. The third kappa shape index (κ3) is 3.18. The highest BCUT2D eigenvalue weighted by atomic mass is 16.5. The number of anilines is 1. The maximum atomic E-state index is 12.7. The summed E-state index contributed by atoms with van der Waals surface area (Å²) in [4.78, 5) is 33.6.